The van der Waals surface area contributed by atoms with Crippen molar-refractivity contribution in [3.05, 3.63) is 65.2 Å². The zero-order valence-corrected chi connectivity index (χ0v) is 17.0. The smallest absolute Gasteiger partial charge is 0.266 e. The van der Waals surface area contributed by atoms with Crippen molar-refractivity contribution in [3.63, 3.8) is 0 Å². The Morgan fingerprint density at radius 3 is 2.87 bits per heavy atom. The van der Waals surface area contributed by atoms with Gasteiger partial charge in [0.1, 0.15) is 5.75 Å². The van der Waals surface area contributed by atoms with E-state index in [-0.39, 0.29) is 36.9 Å². The molecule has 1 aliphatic rings. The molecule has 2 aromatic heterocycles. The lowest BCUT2D eigenvalue weighted by atomic mass is 10.1. The fourth-order valence-corrected chi connectivity index (χ4v) is 3.47. The molecular formula is C21H22N6O4. The number of carbonyl (C=O) groups excluding carboxylic acids is 2. The third kappa shape index (κ3) is 4.47. The van der Waals surface area contributed by atoms with Gasteiger partial charge in [0.25, 0.3) is 5.56 Å². The highest BCUT2D eigenvalue weighted by Gasteiger charge is 2.35. The van der Waals surface area contributed by atoms with Crippen LogP contribution in [0.5, 0.6) is 5.75 Å². The minimum Gasteiger partial charge on any atom is -0.497 e. The number of nitrogens with one attached hydrogen (secondary N) is 1. The summed E-state index contributed by atoms with van der Waals surface area (Å²) in [5, 5.41) is 11.2. The van der Waals surface area contributed by atoms with Gasteiger partial charge >= 0.3 is 0 Å². The Kier molecular flexibility index (Phi) is 5.78. The van der Waals surface area contributed by atoms with Crippen LogP contribution >= 0.6 is 0 Å². The van der Waals surface area contributed by atoms with Gasteiger partial charge in [-0.15, -0.1) is 5.10 Å². The standard InChI is InChI=1S/C21H22N6O4/c1-31-17-5-2-4-16(13-17)25-14-15(12-20(25)29)21(30)22-9-11-27-19(28)7-6-18(24-27)26-10-3-8-23-26/h2-8,10,13,15H,9,11-12,14H2,1H3,(H,22,30). The summed E-state index contributed by atoms with van der Waals surface area (Å²) in [5.74, 6) is 0.353. The largest absolute Gasteiger partial charge is 0.497 e. The molecule has 1 saturated heterocycles. The number of nitrogens with zero attached hydrogens (tertiary/aromatic N) is 5. The van der Waals surface area contributed by atoms with Crippen LogP contribution in [0.3, 0.4) is 0 Å². The maximum absolute atomic E-state index is 12.6. The zero-order valence-electron chi connectivity index (χ0n) is 17.0. The first kappa shape index (κ1) is 20.3. The van der Waals surface area contributed by atoms with Gasteiger partial charge in [-0.1, -0.05) is 6.07 Å². The number of amides is 2. The van der Waals surface area contributed by atoms with Crippen LogP contribution in [0.15, 0.2) is 59.7 Å². The number of anilines is 1. The molecule has 2 amide bonds. The summed E-state index contributed by atoms with van der Waals surface area (Å²) in [7, 11) is 1.56. The SMILES string of the molecule is COc1cccc(N2CC(C(=O)NCCn3nc(-n4cccn4)ccc3=O)CC2=O)c1. The van der Waals surface area contributed by atoms with E-state index in [4.69, 9.17) is 4.74 Å². The molecule has 1 fully saturated rings. The topological polar surface area (TPSA) is 111 Å². The van der Waals surface area contributed by atoms with Crippen molar-refractivity contribution in [2.75, 3.05) is 25.1 Å². The van der Waals surface area contributed by atoms with Gasteiger partial charge in [0.2, 0.25) is 11.8 Å². The fourth-order valence-electron chi connectivity index (χ4n) is 3.47. The van der Waals surface area contributed by atoms with Gasteiger partial charge in [0, 0.05) is 49.7 Å². The average molecular weight is 422 g/mol. The molecule has 0 bridgehead atoms. The Hall–Kier alpha value is -3.95. The summed E-state index contributed by atoms with van der Waals surface area (Å²) in [6, 6.07) is 11.9. The van der Waals surface area contributed by atoms with Crippen molar-refractivity contribution in [3.8, 4) is 11.6 Å². The summed E-state index contributed by atoms with van der Waals surface area (Å²) in [6.07, 6.45) is 3.48. The molecule has 160 valence electrons. The predicted molar refractivity (Wildman–Crippen MR) is 112 cm³/mol. The van der Waals surface area contributed by atoms with Crippen LogP contribution in [0.1, 0.15) is 6.42 Å². The van der Waals surface area contributed by atoms with Gasteiger partial charge in [-0.25, -0.2) is 9.36 Å². The second-order valence-electron chi connectivity index (χ2n) is 7.10. The molecule has 1 aromatic carbocycles. The van der Waals surface area contributed by atoms with Gasteiger partial charge in [-0.3, -0.25) is 14.4 Å². The number of hydrogen-bond acceptors (Lipinski definition) is 6. The third-order valence-corrected chi connectivity index (χ3v) is 5.08. The van der Waals surface area contributed by atoms with Crippen molar-refractivity contribution in [1.82, 2.24) is 24.9 Å². The highest BCUT2D eigenvalue weighted by molar-refractivity contribution is 6.00. The Morgan fingerprint density at radius 1 is 1.23 bits per heavy atom. The van der Waals surface area contributed by atoms with Crippen molar-refractivity contribution in [2.45, 2.75) is 13.0 Å². The van der Waals surface area contributed by atoms with Crippen LogP contribution in [0, 0.1) is 5.92 Å². The minimum atomic E-state index is -0.459. The average Bonchev–Trinajstić information content (AvgIpc) is 3.45. The number of ether oxygens (including phenoxy) is 1. The van der Waals surface area contributed by atoms with Gasteiger partial charge in [0.15, 0.2) is 5.82 Å². The molecule has 0 aliphatic carbocycles. The Bertz CT molecular complexity index is 1140. The molecule has 1 unspecified atom stereocenters. The molecule has 10 nitrogen and oxygen atoms in total. The van der Waals surface area contributed by atoms with Crippen LogP contribution in [-0.2, 0) is 16.1 Å². The molecule has 1 atom stereocenters. The summed E-state index contributed by atoms with van der Waals surface area (Å²) < 4.78 is 8.03. The Morgan fingerprint density at radius 2 is 2.10 bits per heavy atom. The molecule has 10 heteroatoms. The van der Waals surface area contributed by atoms with Crippen LogP contribution in [-0.4, -0.2) is 51.6 Å². The van der Waals surface area contributed by atoms with Crippen LogP contribution < -0.4 is 20.5 Å². The monoisotopic (exact) mass is 422 g/mol. The molecule has 0 saturated carbocycles. The summed E-state index contributed by atoms with van der Waals surface area (Å²) in [4.78, 5) is 38.7. The number of methoxy groups -OCH3 is 1. The molecule has 1 N–H and O–H groups in total. The highest BCUT2D eigenvalue weighted by atomic mass is 16.5. The molecule has 3 heterocycles. The summed E-state index contributed by atoms with van der Waals surface area (Å²) >= 11 is 0. The summed E-state index contributed by atoms with van der Waals surface area (Å²) in [6.45, 7) is 0.725. The van der Waals surface area contributed by atoms with Crippen molar-refractivity contribution in [2.24, 2.45) is 5.92 Å². The van der Waals surface area contributed by atoms with Gasteiger partial charge < -0.3 is 15.0 Å². The second kappa shape index (κ2) is 8.82. The van der Waals surface area contributed by atoms with Crippen LogP contribution in [0.4, 0.5) is 5.69 Å². The van der Waals surface area contributed by atoms with Gasteiger partial charge in [-0.05, 0) is 24.3 Å². The van der Waals surface area contributed by atoms with Crippen molar-refractivity contribution in [1.29, 1.82) is 0 Å². The van der Waals surface area contributed by atoms with Gasteiger partial charge in [0.05, 0.1) is 19.6 Å². The first-order valence-corrected chi connectivity index (χ1v) is 9.85. The van der Waals surface area contributed by atoms with E-state index in [9.17, 15) is 14.4 Å². The molecular weight excluding hydrogens is 400 g/mol. The first-order chi connectivity index (χ1) is 15.0. The Balaban J connectivity index is 1.35. The second-order valence-corrected chi connectivity index (χ2v) is 7.10. The molecule has 0 radical (unpaired) electrons. The normalized spacial score (nSPS) is 15.8. The lowest BCUT2D eigenvalue weighted by Gasteiger charge is -2.17. The lowest BCUT2D eigenvalue weighted by molar-refractivity contribution is -0.126. The maximum Gasteiger partial charge on any atom is 0.266 e. The van der Waals surface area contributed by atoms with E-state index >= 15 is 0 Å². The van der Waals surface area contributed by atoms with Crippen molar-refractivity contribution >= 4 is 17.5 Å². The number of aromatic nitrogens is 4. The van der Waals surface area contributed by atoms with E-state index in [2.05, 4.69) is 15.5 Å². The van der Waals surface area contributed by atoms with Crippen LogP contribution in [0.25, 0.3) is 5.82 Å². The number of hydrogen-bond donors (Lipinski definition) is 1. The molecule has 1 aliphatic heterocycles. The number of benzene rings is 1. The third-order valence-electron chi connectivity index (χ3n) is 5.08. The van der Waals surface area contributed by atoms with E-state index in [0.29, 0.717) is 23.8 Å². The van der Waals surface area contributed by atoms with E-state index in [1.807, 2.05) is 6.07 Å². The van der Waals surface area contributed by atoms with Crippen molar-refractivity contribution < 1.29 is 14.3 Å². The predicted octanol–water partition coefficient (Wildman–Crippen LogP) is 0.607. The molecule has 0 spiro atoms. The number of carbonyl (C=O) groups is 2. The number of rotatable bonds is 7. The van der Waals surface area contributed by atoms with Gasteiger partial charge in [-0.2, -0.15) is 5.10 Å². The quantitative estimate of drug-likeness (QED) is 0.597. The van der Waals surface area contributed by atoms with E-state index in [1.54, 1.807) is 59.4 Å². The van der Waals surface area contributed by atoms with E-state index < -0.39 is 5.92 Å². The molecule has 31 heavy (non-hydrogen) atoms. The zero-order chi connectivity index (χ0) is 21.8. The fraction of sp³-hybridized carbons (Fsp3) is 0.286. The minimum absolute atomic E-state index is 0.113. The van der Waals surface area contributed by atoms with E-state index in [1.165, 1.54) is 10.7 Å². The summed E-state index contributed by atoms with van der Waals surface area (Å²) in [5.41, 5.74) is 0.427. The molecule has 3 aromatic rings. The highest BCUT2D eigenvalue weighted by Crippen LogP contribution is 2.27. The molecule has 4 rings (SSSR count). The first-order valence-electron chi connectivity index (χ1n) is 9.85. The lowest BCUT2D eigenvalue weighted by Crippen LogP contribution is -2.36. The maximum atomic E-state index is 12.6. The Labute approximate surface area is 178 Å². The van der Waals surface area contributed by atoms with Crippen LogP contribution in [0.2, 0.25) is 0 Å². The van der Waals surface area contributed by atoms with E-state index in [0.717, 1.165) is 0 Å².